The first-order valence-electron chi connectivity index (χ1n) is 12.5. The number of carbonyl (C=O) groups is 2. The molecule has 0 aromatic heterocycles. The normalized spacial score (nSPS) is 16.8. The van der Waals surface area contributed by atoms with Gasteiger partial charge in [-0.05, 0) is 46.5 Å². The standard InChI is InChI=1S/C32H29NO5/c1-21-8-3-4-10-24(21)20-38-25-16-14-23(15-17-25)29-28(31(35)32(36)33(29)18-19-37-2)30(34)27-13-7-11-22-9-5-6-12-26(22)27/h3-17,29,34H,18-20H2,1-2H3/b30-28-. The number of carbonyl (C=O) groups excluding carboxylic acids is 2. The number of benzene rings is 4. The number of hydrogen-bond donors (Lipinski definition) is 1. The Hall–Kier alpha value is -4.42. The van der Waals surface area contributed by atoms with Gasteiger partial charge >= 0.3 is 0 Å². The first kappa shape index (κ1) is 25.2. The van der Waals surface area contributed by atoms with E-state index in [0.29, 0.717) is 23.5 Å². The molecule has 1 unspecified atom stereocenters. The van der Waals surface area contributed by atoms with Crippen molar-refractivity contribution in [2.24, 2.45) is 0 Å². The molecule has 1 atom stereocenters. The SMILES string of the molecule is COCCN1C(=O)C(=O)/C(=C(\O)c2cccc3ccccc23)C1c1ccc(OCc2ccccc2C)cc1. The molecule has 4 aromatic carbocycles. The first-order chi connectivity index (χ1) is 18.5. The lowest BCUT2D eigenvalue weighted by Crippen LogP contribution is -2.32. The average Bonchev–Trinajstić information content (AvgIpc) is 3.20. The predicted molar refractivity (Wildman–Crippen MR) is 147 cm³/mol. The van der Waals surface area contributed by atoms with Gasteiger partial charge in [0.2, 0.25) is 0 Å². The van der Waals surface area contributed by atoms with Crippen LogP contribution in [-0.4, -0.2) is 42.0 Å². The first-order valence-corrected chi connectivity index (χ1v) is 12.5. The fourth-order valence-corrected chi connectivity index (χ4v) is 4.90. The third kappa shape index (κ3) is 4.78. The number of rotatable bonds is 8. The van der Waals surface area contributed by atoms with Gasteiger partial charge in [-0.3, -0.25) is 9.59 Å². The van der Waals surface area contributed by atoms with E-state index in [1.54, 1.807) is 13.2 Å². The van der Waals surface area contributed by atoms with Crippen LogP contribution in [0.3, 0.4) is 0 Å². The van der Waals surface area contributed by atoms with Crippen molar-refractivity contribution in [1.29, 1.82) is 0 Å². The van der Waals surface area contributed by atoms with Gasteiger partial charge in [-0.25, -0.2) is 0 Å². The van der Waals surface area contributed by atoms with E-state index in [9.17, 15) is 14.7 Å². The minimum atomic E-state index is -0.755. The zero-order valence-corrected chi connectivity index (χ0v) is 21.4. The summed E-state index contributed by atoms with van der Waals surface area (Å²) in [5.41, 5.74) is 3.52. The molecule has 1 saturated heterocycles. The van der Waals surface area contributed by atoms with Crippen LogP contribution in [0, 0.1) is 6.92 Å². The lowest BCUT2D eigenvalue weighted by atomic mass is 9.93. The second-order valence-corrected chi connectivity index (χ2v) is 9.30. The van der Waals surface area contributed by atoms with Crippen molar-refractivity contribution in [3.05, 3.63) is 119 Å². The Kier molecular flexibility index (Phi) is 7.24. The number of amides is 1. The topological polar surface area (TPSA) is 76.1 Å². The fraction of sp³-hybridized carbons (Fsp3) is 0.188. The van der Waals surface area contributed by atoms with Gasteiger partial charge in [-0.2, -0.15) is 0 Å². The van der Waals surface area contributed by atoms with E-state index in [2.05, 4.69) is 0 Å². The van der Waals surface area contributed by atoms with Crippen molar-refractivity contribution in [3.8, 4) is 5.75 Å². The van der Waals surface area contributed by atoms with Crippen LogP contribution in [0.2, 0.25) is 0 Å². The molecule has 4 aromatic rings. The number of Topliss-reactive ketones (excluding diaryl/α,β-unsaturated/α-hetero) is 1. The number of aliphatic hydroxyl groups excluding tert-OH is 1. The molecule has 192 valence electrons. The molecule has 0 saturated carbocycles. The van der Waals surface area contributed by atoms with Crippen molar-refractivity contribution < 1.29 is 24.2 Å². The Morgan fingerprint density at radius 1 is 0.895 bits per heavy atom. The van der Waals surface area contributed by atoms with E-state index in [1.807, 2.05) is 91.9 Å². The van der Waals surface area contributed by atoms with Crippen LogP contribution in [-0.2, 0) is 20.9 Å². The molecule has 6 nitrogen and oxygen atoms in total. The Balaban J connectivity index is 1.53. The number of methoxy groups -OCH3 is 1. The molecule has 0 aliphatic carbocycles. The smallest absolute Gasteiger partial charge is 0.295 e. The molecule has 1 aliphatic heterocycles. The highest BCUT2D eigenvalue weighted by Gasteiger charge is 2.46. The Morgan fingerprint density at radius 3 is 2.37 bits per heavy atom. The van der Waals surface area contributed by atoms with Gasteiger partial charge in [0, 0.05) is 19.2 Å². The van der Waals surface area contributed by atoms with Crippen LogP contribution in [0.4, 0.5) is 0 Å². The molecular formula is C32H29NO5. The van der Waals surface area contributed by atoms with Crippen molar-refractivity contribution in [2.45, 2.75) is 19.6 Å². The number of fused-ring (bicyclic) bond motifs is 1. The number of nitrogens with zero attached hydrogens (tertiary/aromatic N) is 1. The largest absolute Gasteiger partial charge is 0.507 e. The predicted octanol–water partition coefficient (Wildman–Crippen LogP) is 5.80. The van der Waals surface area contributed by atoms with Gasteiger partial charge in [0.25, 0.3) is 11.7 Å². The lowest BCUT2D eigenvalue weighted by Gasteiger charge is -2.25. The van der Waals surface area contributed by atoms with E-state index in [1.165, 1.54) is 4.90 Å². The van der Waals surface area contributed by atoms with Crippen molar-refractivity contribution in [1.82, 2.24) is 4.90 Å². The minimum Gasteiger partial charge on any atom is -0.507 e. The average molecular weight is 508 g/mol. The van der Waals surface area contributed by atoms with Gasteiger partial charge in [-0.15, -0.1) is 0 Å². The maximum Gasteiger partial charge on any atom is 0.295 e. The third-order valence-electron chi connectivity index (χ3n) is 6.97. The zero-order valence-electron chi connectivity index (χ0n) is 21.4. The second-order valence-electron chi connectivity index (χ2n) is 9.30. The molecular weight excluding hydrogens is 478 g/mol. The molecule has 0 bridgehead atoms. The molecule has 1 heterocycles. The molecule has 0 spiro atoms. The minimum absolute atomic E-state index is 0.0658. The molecule has 38 heavy (non-hydrogen) atoms. The van der Waals surface area contributed by atoms with Gasteiger partial charge in [-0.1, -0.05) is 78.9 Å². The maximum atomic E-state index is 13.3. The van der Waals surface area contributed by atoms with Crippen LogP contribution in [0.15, 0.2) is 96.6 Å². The van der Waals surface area contributed by atoms with Crippen LogP contribution in [0.1, 0.15) is 28.3 Å². The van der Waals surface area contributed by atoms with E-state index in [-0.39, 0.29) is 24.5 Å². The van der Waals surface area contributed by atoms with Crippen LogP contribution >= 0.6 is 0 Å². The number of ketones is 1. The summed E-state index contributed by atoms with van der Waals surface area (Å²) < 4.78 is 11.2. The summed E-state index contributed by atoms with van der Waals surface area (Å²) in [6, 6.07) is 27.8. The summed E-state index contributed by atoms with van der Waals surface area (Å²) in [7, 11) is 1.54. The zero-order chi connectivity index (χ0) is 26.6. The molecule has 6 heteroatoms. The Morgan fingerprint density at radius 2 is 1.61 bits per heavy atom. The van der Waals surface area contributed by atoms with Gasteiger partial charge < -0.3 is 19.5 Å². The van der Waals surface area contributed by atoms with Crippen LogP contribution in [0.5, 0.6) is 5.75 Å². The van der Waals surface area contributed by atoms with E-state index in [0.717, 1.165) is 21.9 Å². The lowest BCUT2D eigenvalue weighted by molar-refractivity contribution is -0.140. The summed E-state index contributed by atoms with van der Waals surface area (Å²) in [4.78, 5) is 27.9. The highest BCUT2D eigenvalue weighted by Crippen LogP contribution is 2.40. The van der Waals surface area contributed by atoms with Gasteiger partial charge in [0.1, 0.15) is 18.1 Å². The summed E-state index contributed by atoms with van der Waals surface area (Å²) >= 11 is 0. The molecule has 1 aliphatic rings. The molecule has 1 N–H and O–H groups in total. The number of ether oxygens (including phenoxy) is 2. The fourth-order valence-electron chi connectivity index (χ4n) is 4.90. The van der Waals surface area contributed by atoms with Crippen molar-refractivity contribution >= 4 is 28.2 Å². The number of hydrogen-bond acceptors (Lipinski definition) is 5. The van der Waals surface area contributed by atoms with Gasteiger partial charge in [0.15, 0.2) is 0 Å². The Bertz CT molecular complexity index is 1520. The monoisotopic (exact) mass is 507 g/mol. The molecule has 0 radical (unpaired) electrons. The van der Waals surface area contributed by atoms with Crippen molar-refractivity contribution in [2.75, 3.05) is 20.3 Å². The highest BCUT2D eigenvalue weighted by atomic mass is 16.5. The molecule has 1 amide bonds. The summed E-state index contributed by atoms with van der Waals surface area (Å²) in [5.74, 6) is -0.894. The van der Waals surface area contributed by atoms with Crippen molar-refractivity contribution in [3.63, 3.8) is 0 Å². The summed E-state index contributed by atoms with van der Waals surface area (Å²) in [6.45, 7) is 2.94. The number of aryl methyl sites for hydroxylation is 1. The van der Waals surface area contributed by atoms with E-state index in [4.69, 9.17) is 9.47 Å². The summed E-state index contributed by atoms with van der Waals surface area (Å²) in [5, 5.41) is 13.2. The number of aliphatic hydroxyl groups is 1. The maximum absolute atomic E-state index is 13.3. The van der Waals surface area contributed by atoms with E-state index >= 15 is 0 Å². The molecule has 5 rings (SSSR count). The molecule has 1 fully saturated rings. The highest BCUT2D eigenvalue weighted by molar-refractivity contribution is 6.46. The summed E-state index contributed by atoms with van der Waals surface area (Å²) in [6.07, 6.45) is 0. The third-order valence-corrected chi connectivity index (χ3v) is 6.97. The quantitative estimate of drug-likeness (QED) is 0.185. The van der Waals surface area contributed by atoms with Crippen LogP contribution < -0.4 is 4.74 Å². The van der Waals surface area contributed by atoms with Crippen LogP contribution in [0.25, 0.3) is 16.5 Å². The van der Waals surface area contributed by atoms with Gasteiger partial charge in [0.05, 0.1) is 18.2 Å². The second kappa shape index (κ2) is 10.9. The Labute approximate surface area is 221 Å². The van der Waals surface area contributed by atoms with E-state index < -0.39 is 17.7 Å². The number of likely N-dealkylation sites (tertiary alicyclic amines) is 1.